The second-order valence-corrected chi connectivity index (χ2v) is 7.85. The third-order valence-electron chi connectivity index (χ3n) is 4.58. The largest absolute Gasteiger partial charge is 0.497 e. The maximum Gasteiger partial charge on any atom is 0.416 e. The van der Waals surface area contributed by atoms with Crippen molar-refractivity contribution >= 4 is 21.6 Å². The molecule has 2 heterocycles. The first-order valence-corrected chi connectivity index (χ1v) is 9.77. The van der Waals surface area contributed by atoms with Crippen LogP contribution in [0.1, 0.15) is 16.1 Å². The first kappa shape index (κ1) is 20.1. The number of methoxy groups -OCH3 is 1. The Labute approximate surface area is 173 Å². The molecule has 0 unspecified atom stereocenters. The van der Waals surface area contributed by atoms with Gasteiger partial charge in [0.2, 0.25) is 0 Å². The third kappa shape index (κ3) is 3.80. The molecule has 4 rings (SSSR count). The molecule has 0 atom stereocenters. The molecule has 9 heteroatoms. The topological polar surface area (TPSA) is 57.0 Å². The van der Waals surface area contributed by atoms with E-state index in [-0.39, 0.29) is 12.1 Å². The lowest BCUT2D eigenvalue weighted by atomic mass is 10.1. The molecular weight excluding hydrogens is 415 g/mol. The average Bonchev–Trinajstić information content (AvgIpc) is 3.12. The van der Waals surface area contributed by atoms with Gasteiger partial charge in [-0.2, -0.15) is 18.3 Å². The van der Waals surface area contributed by atoms with Crippen molar-refractivity contribution in [3.05, 3.63) is 75.0 Å². The number of nitrogens with zero attached hydrogens (tertiary/aromatic N) is 3. The van der Waals surface area contributed by atoms with E-state index in [1.54, 1.807) is 19.2 Å². The van der Waals surface area contributed by atoms with Crippen molar-refractivity contribution in [1.29, 1.82) is 0 Å². The molecule has 4 aromatic rings. The predicted molar refractivity (Wildman–Crippen MR) is 109 cm³/mol. The number of aryl methyl sites for hydroxylation is 1. The van der Waals surface area contributed by atoms with E-state index in [1.807, 2.05) is 19.1 Å². The van der Waals surface area contributed by atoms with Gasteiger partial charge in [0.25, 0.3) is 5.56 Å². The molecule has 0 saturated carbocycles. The van der Waals surface area contributed by atoms with E-state index in [4.69, 9.17) is 4.74 Å². The van der Waals surface area contributed by atoms with Crippen LogP contribution in [-0.2, 0) is 12.7 Å². The molecule has 0 N–H and O–H groups in total. The fourth-order valence-corrected chi connectivity index (χ4v) is 4.00. The SMILES string of the molecule is COc1ccc(-c2nn(Cc3ccc(C(F)(F)F)cc3)c(=O)c3nc(C)sc23)cc1. The molecule has 0 saturated heterocycles. The van der Waals surface area contributed by atoms with E-state index in [0.29, 0.717) is 27.2 Å². The van der Waals surface area contributed by atoms with Crippen molar-refractivity contribution in [3.8, 4) is 17.0 Å². The van der Waals surface area contributed by atoms with E-state index in [2.05, 4.69) is 10.1 Å². The van der Waals surface area contributed by atoms with Crippen LogP contribution >= 0.6 is 11.3 Å². The van der Waals surface area contributed by atoms with Gasteiger partial charge in [-0.15, -0.1) is 11.3 Å². The minimum atomic E-state index is -4.41. The van der Waals surface area contributed by atoms with Crippen LogP contribution in [0.5, 0.6) is 5.75 Å². The minimum absolute atomic E-state index is 0.0344. The molecule has 0 radical (unpaired) electrons. The Hall–Kier alpha value is -3.20. The van der Waals surface area contributed by atoms with Gasteiger partial charge in [0, 0.05) is 5.56 Å². The Bertz CT molecular complexity index is 1260. The summed E-state index contributed by atoms with van der Waals surface area (Å²) in [6, 6.07) is 11.9. The van der Waals surface area contributed by atoms with Crippen LogP contribution in [0.15, 0.2) is 53.3 Å². The number of benzene rings is 2. The molecular formula is C21H16F3N3O2S. The highest BCUT2D eigenvalue weighted by atomic mass is 32.1. The predicted octanol–water partition coefficient (Wildman–Crippen LogP) is 4.90. The summed E-state index contributed by atoms with van der Waals surface area (Å²) in [5.41, 5.74) is 1.08. The van der Waals surface area contributed by atoms with Crippen LogP contribution in [0.25, 0.3) is 21.5 Å². The van der Waals surface area contributed by atoms with Gasteiger partial charge in [-0.25, -0.2) is 9.67 Å². The van der Waals surface area contributed by atoms with Crippen LogP contribution in [0.4, 0.5) is 13.2 Å². The Morgan fingerprint density at radius 1 is 1.07 bits per heavy atom. The van der Waals surface area contributed by atoms with Crippen molar-refractivity contribution in [1.82, 2.24) is 14.8 Å². The highest BCUT2D eigenvalue weighted by Gasteiger charge is 2.30. The minimum Gasteiger partial charge on any atom is -0.497 e. The molecule has 0 aliphatic rings. The summed E-state index contributed by atoms with van der Waals surface area (Å²) in [6.45, 7) is 1.84. The van der Waals surface area contributed by atoms with Gasteiger partial charge in [0.15, 0.2) is 5.52 Å². The van der Waals surface area contributed by atoms with E-state index in [9.17, 15) is 18.0 Å². The summed E-state index contributed by atoms with van der Waals surface area (Å²) in [7, 11) is 1.57. The Balaban J connectivity index is 1.80. The summed E-state index contributed by atoms with van der Waals surface area (Å²) in [4.78, 5) is 17.3. The lowest BCUT2D eigenvalue weighted by Crippen LogP contribution is -2.24. The molecule has 154 valence electrons. The Morgan fingerprint density at radius 3 is 2.33 bits per heavy atom. The molecule has 0 aliphatic carbocycles. The molecule has 2 aromatic carbocycles. The van der Waals surface area contributed by atoms with Crippen molar-refractivity contribution in [2.75, 3.05) is 7.11 Å². The molecule has 0 aliphatic heterocycles. The van der Waals surface area contributed by atoms with Crippen LogP contribution in [0.3, 0.4) is 0 Å². The number of fused-ring (bicyclic) bond motifs is 1. The summed E-state index contributed by atoms with van der Waals surface area (Å²) < 4.78 is 45.5. The molecule has 2 aromatic heterocycles. The molecule has 0 spiro atoms. The van der Waals surface area contributed by atoms with Crippen molar-refractivity contribution in [2.45, 2.75) is 19.6 Å². The lowest BCUT2D eigenvalue weighted by molar-refractivity contribution is -0.137. The summed E-state index contributed by atoms with van der Waals surface area (Å²) in [5, 5.41) is 5.25. The molecule has 5 nitrogen and oxygen atoms in total. The number of thiazole rings is 1. The number of aromatic nitrogens is 3. The van der Waals surface area contributed by atoms with Crippen molar-refractivity contribution in [2.24, 2.45) is 0 Å². The van der Waals surface area contributed by atoms with Gasteiger partial charge in [0.05, 0.1) is 28.9 Å². The number of hydrogen-bond donors (Lipinski definition) is 0. The van der Waals surface area contributed by atoms with Gasteiger partial charge in [-0.3, -0.25) is 4.79 Å². The summed E-state index contributed by atoms with van der Waals surface area (Å²) in [6.07, 6.45) is -4.41. The zero-order valence-corrected chi connectivity index (χ0v) is 16.8. The van der Waals surface area contributed by atoms with Crippen LogP contribution in [-0.4, -0.2) is 21.9 Å². The van der Waals surface area contributed by atoms with Crippen molar-refractivity contribution in [3.63, 3.8) is 0 Å². The standard InChI is InChI=1S/C21H16F3N3O2S/c1-12-25-18-19(30-12)17(14-5-9-16(29-2)10-6-14)26-27(20(18)28)11-13-3-7-15(8-4-13)21(22,23)24/h3-10H,11H2,1-2H3. The van der Waals surface area contributed by atoms with E-state index in [0.717, 1.165) is 22.7 Å². The zero-order valence-electron chi connectivity index (χ0n) is 16.0. The van der Waals surface area contributed by atoms with Gasteiger partial charge in [-0.1, -0.05) is 12.1 Å². The molecule has 30 heavy (non-hydrogen) atoms. The smallest absolute Gasteiger partial charge is 0.416 e. The van der Waals surface area contributed by atoms with Crippen LogP contribution in [0.2, 0.25) is 0 Å². The van der Waals surface area contributed by atoms with Gasteiger partial charge < -0.3 is 4.74 Å². The Kier molecular flexibility index (Phi) is 5.07. The summed E-state index contributed by atoms with van der Waals surface area (Å²) in [5.74, 6) is 0.688. The first-order valence-electron chi connectivity index (χ1n) is 8.95. The highest BCUT2D eigenvalue weighted by molar-refractivity contribution is 7.19. The summed E-state index contributed by atoms with van der Waals surface area (Å²) >= 11 is 1.37. The highest BCUT2D eigenvalue weighted by Crippen LogP contribution is 2.31. The average molecular weight is 431 g/mol. The van der Waals surface area contributed by atoms with Crippen LogP contribution < -0.4 is 10.3 Å². The number of hydrogen-bond acceptors (Lipinski definition) is 5. The van der Waals surface area contributed by atoms with Gasteiger partial charge >= 0.3 is 6.18 Å². The molecule has 0 fully saturated rings. The number of alkyl halides is 3. The Morgan fingerprint density at radius 2 is 1.73 bits per heavy atom. The second kappa shape index (κ2) is 7.56. The maximum atomic E-state index is 12.9. The second-order valence-electron chi connectivity index (χ2n) is 6.65. The zero-order chi connectivity index (χ0) is 21.5. The van der Waals surface area contributed by atoms with Crippen LogP contribution in [0, 0.1) is 6.92 Å². The van der Waals surface area contributed by atoms with Gasteiger partial charge in [-0.05, 0) is 48.9 Å². The third-order valence-corrected chi connectivity index (χ3v) is 5.56. The van der Waals surface area contributed by atoms with Crippen molar-refractivity contribution < 1.29 is 17.9 Å². The van der Waals surface area contributed by atoms with Gasteiger partial charge in [0.1, 0.15) is 11.4 Å². The number of ether oxygens (including phenoxy) is 1. The number of halogens is 3. The molecule has 0 amide bonds. The lowest BCUT2D eigenvalue weighted by Gasteiger charge is -2.11. The monoisotopic (exact) mass is 431 g/mol. The first-order chi connectivity index (χ1) is 14.3. The normalized spacial score (nSPS) is 11.8. The fraction of sp³-hybridized carbons (Fsp3) is 0.190. The van der Waals surface area contributed by atoms with E-state index in [1.165, 1.54) is 28.2 Å². The maximum absolute atomic E-state index is 12.9. The van der Waals surface area contributed by atoms with E-state index >= 15 is 0 Å². The number of rotatable bonds is 4. The fourth-order valence-electron chi connectivity index (χ4n) is 3.08. The molecule has 0 bridgehead atoms. The van der Waals surface area contributed by atoms with E-state index < -0.39 is 11.7 Å². The quantitative estimate of drug-likeness (QED) is 0.461.